The molecule has 0 spiro atoms. The van der Waals surface area contributed by atoms with Gasteiger partial charge in [0.05, 0.1) is 13.6 Å². The molecule has 0 bridgehead atoms. The summed E-state index contributed by atoms with van der Waals surface area (Å²) < 4.78 is 14.5. The number of benzene rings is 3. The van der Waals surface area contributed by atoms with Crippen LogP contribution in [0.3, 0.4) is 0 Å². The smallest absolute Gasteiger partial charge is 0.223 e. The van der Waals surface area contributed by atoms with Crippen molar-refractivity contribution in [3.63, 3.8) is 0 Å². The van der Waals surface area contributed by atoms with Crippen LogP contribution in [0, 0.1) is 0 Å². The molecule has 2 heterocycles. The predicted octanol–water partition coefficient (Wildman–Crippen LogP) is 1.38. The molecular weight excluding hydrogens is 485 g/mol. The third-order valence-electron chi connectivity index (χ3n) is 6.38. The summed E-state index contributed by atoms with van der Waals surface area (Å²) in [5.41, 5.74) is 3.53. The first-order valence-corrected chi connectivity index (χ1v) is 10.5. The Bertz CT molecular complexity index is 893. The third kappa shape index (κ3) is 4.06. The Balaban J connectivity index is 0.00000218. The summed E-state index contributed by atoms with van der Waals surface area (Å²) in [6.45, 7) is 3.07. The van der Waals surface area contributed by atoms with E-state index in [9.17, 15) is 0 Å². The summed E-state index contributed by atoms with van der Waals surface area (Å²) in [6, 6.07) is 31.5. The molecule has 3 aromatic carbocycles. The molecule has 0 saturated carbocycles. The molecule has 3 nitrogen and oxygen atoms in total. The molecule has 2 saturated heterocycles. The Kier molecular flexibility index (Phi) is 6.30. The molecule has 156 valence electrons. The quantitative estimate of drug-likeness (QED) is 0.380. The van der Waals surface area contributed by atoms with Crippen molar-refractivity contribution in [1.82, 2.24) is 0 Å². The number of fused-ring (bicyclic) bond motifs is 1. The summed E-state index contributed by atoms with van der Waals surface area (Å²) in [5, 5.41) is 0. The van der Waals surface area contributed by atoms with Crippen molar-refractivity contribution in [2.75, 3.05) is 26.7 Å². The molecule has 30 heavy (non-hydrogen) atoms. The number of likely N-dealkylation sites (tertiary alicyclic amines) is 1. The van der Waals surface area contributed by atoms with Gasteiger partial charge in [0.1, 0.15) is 25.3 Å². The molecule has 0 aromatic heterocycles. The topological polar surface area (TPSA) is 18.5 Å². The van der Waals surface area contributed by atoms with Gasteiger partial charge in [0.25, 0.3) is 0 Å². The Labute approximate surface area is 196 Å². The van der Waals surface area contributed by atoms with E-state index in [2.05, 4.69) is 85.9 Å². The van der Waals surface area contributed by atoms with E-state index in [4.69, 9.17) is 9.47 Å². The zero-order chi connectivity index (χ0) is 19.7. The summed E-state index contributed by atoms with van der Waals surface area (Å²) in [5.74, 6) is -0.803. The molecule has 0 aliphatic carbocycles. The van der Waals surface area contributed by atoms with Crippen LogP contribution in [0.2, 0.25) is 0 Å². The Morgan fingerprint density at radius 1 is 0.733 bits per heavy atom. The second-order valence-corrected chi connectivity index (χ2v) is 8.61. The van der Waals surface area contributed by atoms with Gasteiger partial charge in [-0.2, -0.15) is 0 Å². The first kappa shape index (κ1) is 21.5. The van der Waals surface area contributed by atoms with Crippen LogP contribution in [0.1, 0.15) is 16.7 Å². The molecule has 2 aliphatic heterocycles. The molecule has 0 radical (unpaired) electrons. The first-order chi connectivity index (χ1) is 14.2. The van der Waals surface area contributed by atoms with Crippen LogP contribution in [-0.4, -0.2) is 43.4 Å². The minimum absolute atomic E-state index is 0. The van der Waals surface area contributed by atoms with Crippen molar-refractivity contribution in [2.45, 2.75) is 24.4 Å². The van der Waals surface area contributed by atoms with Crippen molar-refractivity contribution in [3.8, 4) is 0 Å². The third-order valence-corrected chi connectivity index (χ3v) is 6.38. The van der Waals surface area contributed by atoms with E-state index in [1.54, 1.807) is 0 Å². The van der Waals surface area contributed by atoms with E-state index in [1.807, 2.05) is 12.1 Å². The maximum Gasteiger partial charge on any atom is 0.223 e. The molecule has 1 unspecified atom stereocenters. The summed E-state index contributed by atoms with van der Waals surface area (Å²) >= 11 is 0. The van der Waals surface area contributed by atoms with Crippen LogP contribution in [0.4, 0.5) is 0 Å². The number of likely N-dealkylation sites (N-methyl/N-ethyl adjacent to an activating group) is 1. The molecule has 0 amide bonds. The average molecular weight is 513 g/mol. The van der Waals surface area contributed by atoms with E-state index in [0.29, 0.717) is 0 Å². The normalized spacial score (nSPS) is 26.7. The average Bonchev–Trinajstić information content (AvgIpc) is 3.27. The van der Waals surface area contributed by atoms with Gasteiger partial charge in [0, 0.05) is 17.5 Å². The standard InChI is InChI=1S/C26H28NO2.HI/c1-27(18-17-21-11-5-2-6-12-21)19-24-25(20-27)29-26(28-24,22-13-7-3-8-14-22)23-15-9-4-10-16-23;/h2-16,24-25H,17-20H2,1H3;1H/q+1;/p-1/t24-,25+,27?;. The Morgan fingerprint density at radius 3 is 1.63 bits per heavy atom. The number of nitrogens with zero attached hydrogens (tertiary/aromatic N) is 1. The van der Waals surface area contributed by atoms with Crippen LogP contribution in [-0.2, 0) is 21.7 Å². The minimum atomic E-state index is -0.803. The van der Waals surface area contributed by atoms with Crippen LogP contribution in [0.15, 0.2) is 91.0 Å². The lowest BCUT2D eigenvalue weighted by atomic mass is 9.97. The van der Waals surface area contributed by atoms with Crippen molar-refractivity contribution in [3.05, 3.63) is 108 Å². The largest absolute Gasteiger partial charge is 1.00 e. The van der Waals surface area contributed by atoms with Gasteiger partial charge in [0.2, 0.25) is 5.79 Å². The fraction of sp³-hybridized carbons (Fsp3) is 0.308. The predicted molar refractivity (Wildman–Crippen MR) is 114 cm³/mol. The molecular formula is C26H28INO2. The van der Waals surface area contributed by atoms with Gasteiger partial charge in [-0.15, -0.1) is 0 Å². The van der Waals surface area contributed by atoms with Gasteiger partial charge in [-0.05, 0) is 5.56 Å². The monoisotopic (exact) mass is 513 g/mol. The Morgan fingerprint density at radius 2 is 1.17 bits per heavy atom. The van der Waals surface area contributed by atoms with E-state index in [-0.39, 0.29) is 36.2 Å². The van der Waals surface area contributed by atoms with Crippen molar-refractivity contribution in [1.29, 1.82) is 0 Å². The molecule has 4 heteroatoms. The molecule has 3 aromatic rings. The van der Waals surface area contributed by atoms with Crippen LogP contribution in [0.5, 0.6) is 0 Å². The van der Waals surface area contributed by atoms with Gasteiger partial charge < -0.3 is 37.9 Å². The zero-order valence-corrected chi connectivity index (χ0v) is 19.4. The highest BCUT2D eigenvalue weighted by Gasteiger charge is 2.57. The van der Waals surface area contributed by atoms with Gasteiger partial charge in [0.15, 0.2) is 0 Å². The van der Waals surface area contributed by atoms with Gasteiger partial charge >= 0.3 is 0 Å². The number of hydrogen-bond donors (Lipinski definition) is 0. The van der Waals surface area contributed by atoms with Crippen molar-refractivity contribution >= 4 is 0 Å². The maximum atomic E-state index is 6.75. The fourth-order valence-electron chi connectivity index (χ4n) is 4.84. The number of halogens is 1. The molecule has 2 fully saturated rings. The SMILES string of the molecule is C[N+]1(CCc2ccccc2)C[C@@H]2OC(c3ccccc3)(c3ccccc3)O[C@@H]2C1.[I-]. The van der Waals surface area contributed by atoms with Crippen LogP contribution in [0.25, 0.3) is 0 Å². The fourth-order valence-corrected chi connectivity index (χ4v) is 4.84. The second-order valence-electron chi connectivity index (χ2n) is 8.61. The number of quaternary nitrogens is 1. The lowest BCUT2D eigenvalue weighted by molar-refractivity contribution is -0.901. The highest BCUT2D eigenvalue weighted by Crippen LogP contribution is 2.46. The van der Waals surface area contributed by atoms with Crippen molar-refractivity contribution < 1.29 is 37.9 Å². The summed E-state index contributed by atoms with van der Waals surface area (Å²) in [7, 11) is 2.33. The number of rotatable bonds is 5. The lowest BCUT2D eigenvalue weighted by Crippen LogP contribution is -3.00. The van der Waals surface area contributed by atoms with Crippen molar-refractivity contribution in [2.24, 2.45) is 0 Å². The van der Waals surface area contributed by atoms with Crippen LogP contribution >= 0.6 is 0 Å². The molecule has 3 atom stereocenters. The van der Waals surface area contributed by atoms with E-state index < -0.39 is 5.79 Å². The number of ether oxygens (including phenoxy) is 2. The molecule has 5 rings (SSSR count). The molecule has 0 N–H and O–H groups in total. The summed E-state index contributed by atoms with van der Waals surface area (Å²) in [4.78, 5) is 0. The lowest BCUT2D eigenvalue weighted by Gasteiger charge is -2.35. The van der Waals surface area contributed by atoms with E-state index >= 15 is 0 Å². The van der Waals surface area contributed by atoms with Gasteiger partial charge in [-0.1, -0.05) is 91.0 Å². The second kappa shape index (κ2) is 8.79. The van der Waals surface area contributed by atoms with Gasteiger partial charge in [-0.25, -0.2) is 0 Å². The zero-order valence-electron chi connectivity index (χ0n) is 17.3. The van der Waals surface area contributed by atoms with Crippen LogP contribution < -0.4 is 24.0 Å². The summed E-state index contributed by atoms with van der Waals surface area (Å²) in [6.07, 6.45) is 1.30. The van der Waals surface area contributed by atoms with Gasteiger partial charge in [-0.3, -0.25) is 0 Å². The molecule has 2 aliphatic rings. The maximum absolute atomic E-state index is 6.75. The highest BCUT2D eigenvalue weighted by molar-refractivity contribution is 5.35. The number of hydrogen-bond acceptors (Lipinski definition) is 2. The Hall–Kier alpha value is -1.73. The minimum Gasteiger partial charge on any atom is -1.00 e. The van der Waals surface area contributed by atoms with E-state index in [0.717, 1.165) is 41.7 Å². The highest BCUT2D eigenvalue weighted by atomic mass is 127. The first-order valence-electron chi connectivity index (χ1n) is 10.5. The van der Waals surface area contributed by atoms with E-state index in [1.165, 1.54) is 5.56 Å².